The lowest BCUT2D eigenvalue weighted by Crippen LogP contribution is -2.43. The second kappa shape index (κ2) is 4.78. The Kier molecular flexibility index (Phi) is 3.93. The van der Waals surface area contributed by atoms with E-state index in [9.17, 15) is 4.79 Å². The van der Waals surface area contributed by atoms with Crippen molar-refractivity contribution in [3.8, 4) is 0 Å². The van der Waals surface area contributed by atoms with Crippen LogP contribution in [0, 0.1) is 11.8 Å². The van der Waals surface area contributed by atoms with Gasteiger partial charge in [0.05, 0.1) is 5.92 Å². The lowest BCUT2D eigenvalue weighted by molar-refractivity contribution is -0.143. The van der Waals surface area contributed by atoms with Crippen molar-refractivity contribution in [1.29, 1.82) is 0 Å². The van der Waals surface area contributed by atoms with Gasteiger partial charge in [-0.15, -0.1) is 0 Å². The molecule has 0 aromatic heterocycles. The van der Waals surface area contributed by atoms with Crippen molar-refractivity contribution in [3.63, 3.8) is 0 Å². The maximum Gasteiger partial charge on any atom is 0.306 e. The molecule has 1 saturated heterocycles. The third-order valence-electron chi connectivity index (χ3n) is 3.42. The fourth-order valence-corrected chi connectivity index (χ4v) is 1.98. The van der Waals surface area contributed by atoms with Gasteiger partial charge in [-0.05, 0) is 38.8 Å². The molecule has 14 heavy (non-hydrogen) atoms. The quantitative estimate of drug-likeness (QED) is 0.754. The van der Waals surface area contributed by atoms with Crippen molar-refractivity contribution < 1.29 is 9.90 Å². The number of hydrogen-bond acceptors (Lipinski definition) is 2. The predicted octanol–water partition coefficient (Wildman–Crippen LogP) is 1.83. The van der Waals surface area contributed by atoms with E-state index >= 15 is 0 Å². The fourth-order valence-electron chi connectivity index (χ4n) is 1.98. The Morgan fingerprint density at radius 1 is 1.29 bits per heavy atom. The molecule has 0 aromatic carbocycles. The summed E-state index contributed by atoms with van der Waals surface area (Å²) in [6.45, 7) is 8.54. The lowest BCUT2D eigenvalue weighted by atomic mass is 9.94. The Morgan fingerprint density at radius 3 is 2.14 bits per heavy atom. The minimum Gasteiger partial charge on any atom is -0.481 e. The van der Waals surface area contributed by atoms with Crippen molar-refractivity contribution in [2.24, 2.45) is 11.8 Å². The van der Waals surface area contributed by atoms with Gasteiger partial charge in [-0.2, -0.15) is 0 Å². The largest absolute Gasteiger partial charge is 0.481 e. The van der Waals surface area contributed by atoms with E-state index in [0.29, 0.717) is 12.0 Å². The molecule has 0 aliphatic carbocycles. The van der Waals surface area contributed by atoms with E-state index < -0.39 is 5.97 Å². The first kappa shape index (κ1) is 11.5. The van der Waals surface area contributed by atoms with Crippen LogP contribution in [-0.2, 0) is 4.79 Å². The van der Waals surface area contributed by atoms with Gasteiger partial charge in [0.1, 0.15) is 0 Å². The van der Waals surface area contributed by atoms with Crippen LogP contribution in [0.1, 0.15) is 33.6 Å². The Hall–Kier alpha value is -0.570. The molecule has 1 aliphatic rings. The number of hydrogen-bond donors (Lipinski definition) is 1. The van der Waals surface area contributed by atoms with Gasteiger partial charge in [-0.25, -0.2) is 0 Å². The first-order valence-corrected chi connectivity index (χ1v) is 5.49. The highest BCUT2D eigenvalue weighted by molar-refractivity contribution is 5.70. The molecule has 1 atom stereocenters. The van der Waals surface area contributed by atoms with Crippen LogP contribution < -0.4 is 0 Å². The highest BCUT2D eigenvalue weighted by atomic mass is 16.4. The van der Waals surface area contributed by atoms with Crippen molar-refractivity contribution in [1.82, 2.24) is 4.90 Å². The normalized spacial score (nSPS) is 22.6. The molecule has 3 heteroatoms. The lowest BCUT2D eigenvalue weighted by Gasteiger charge is -2.36. The first-order valence-electron chi connectivity index (χ1n) is 5.49. The minimum absolute atomic E-state index is 0.106. The molecule has 0 radical (unpaired) electrons. The molecule has 0 spiro atoms. The second-order valence-electron chi connectivity index (χ2n) is 4.63. The van der Waals surface area contributed by atoms with Crippen LogP contribution in [-0.4, -0.2) is 35.1 Å². The van der Waals surface area contributed by atoms with Crippen LogP contribution in [0.15, 0.2) is 0 Å². The molecule has 0 aromatic rings. The summed E-state index contributed by atoms with van der Waals surface area (Å²) in [4.78, 5) is 13.2. The minimum atomic E-state index is -0.623. The van der Waals surface area contributed by atoms with Gasteiger partial charge in [0.25, 0.3) is 0 Å². The van der Waals surface area contributed by atoms with Gasteiger partial charge in [-0.1, -0.05) is 13.8 Å². The van der Waals surface area contributed by atoms with E-state index in [4.69, 9.17) is 5.11 Å². The van der Waals surface area contributed by atoms with Crippen LogP contribution in [0.5, 0.6) is 0 Å². The highest BCUT2D eigenvalue weighted by Crippen LogP contribution is 2.21. The van der Waals surface area contributed by atoms with Gasteiger partial charge >= 0.3 is 5.97 Å². The van der Waals surface area contributed by atoms with Crippen molar-refractivity contribution in [2.75, 3.05) is 13.1 Å². The fraction of sp³-hybridized carbons (Fsp3) is 0.909. The molecule has 0 amide bonds. The molecule has 1 fully saturated rings. The number of carboxylic acids is 1. The molecule has 1 heterocycles. The Labute approximate surface area is 86.1 Å². The monoisotopic (exact) mass is 199 g/mol. The molecule has 0 saturated carbocycles. The van der Waals surface area contributed by atoms with Crippen LogP contribution >= 0.6 is 0 Å². The zero-order valence-electron chi connectivity index (χ0n) is 9.36. The number of rotatable bonds is 3. The van der Waals surface area contributed by atoms with Gasteiger partial charge < -0.3 is 10.0 Å². The number of aliphatic carboxylic acids is 1. The molecule has 1 N–H and O–H groups in total. The smallest absolute Gasteiger partial charge is 0.306 e. The van der Waals surface area contributed by atoms with Crippen molar-refractivity contribution >= 4 is 5.97 Å². The zero-order chi connectivity index (χ0) is 10.7. The van der Waals surface area contributed by atoms with Crippen molar-refractivity contribution in [3.05, 3.63) is 0 Å². The summed E-state index contributed by atoms with van der Waals surface area (Å²) >= 11 is 0. The van der Waals surface area contributed by atoms with E-state index in [1.165, 1.54) is 0 Å². The standard InChI is InChI=1S/C11H21NO2/c1-8(2)9(3)12-6-4-10(5-7-12)11(13)14/h8-10H,4-7H2,1-3H3,(H,13,14). The van der Waals surface area contributed by atoms with Crippen LogP contribution in [0.2, 0.25) is 0 Å². The Bertz CT molecular complexity index is 195. The van der Waals surface area contributed by atoms with Crippen LogP contribution in [0.4, 0.5) is 0 Å². The highest BCUT2D eigenvalue weighted by Gasteiger charge is 2.27. The second-order valence-corrected chi connectivity index (χ2v) is 4.63. The van der Waals surface area contributed by atoms with E-state index in [1.807, 2.05) is 0 Å². The maximum atomic E-state index is 10.7. The molecule has 1 aliphatic heterocycles. The summed E-state index contributed by atoms with van der Waals surface area (Å²) in [5.41, 5.74) is 0. The van der Waals surface area contributed by atoms with Crippen LogP contribution in [0.3, 0.4) is 0 Å². The molecule has 1 unspecified atom stereocenters. The first-order chi connectivity index (χ1) is 6.52. The Balaban J connectivity index is 2.39. The number of likely N-dealkylation sites (tertiary alicyclic amines) is 1. The predicted molar refractivity (Wildman–Crippen MR) is 56.2 cm³/mol. The molecule has 0 bridgehead atoms. The summed E-state index contributed by atoms with van der Waals surface area (Å²) < 4.78 is 0. The maximum absolute atomic E-state index is 10.7. The molecular weight excluding hydrogens is 178 g/mol. The Morgan fingerprint density at radius 2 is 1.79 bits per heavy atom. The van der Waals surface area contributed by atoms with Crippen LogP contribution in [0.25, 0.3) is 0 Å². The molecule has 3 nitrogen and oxygen atoms in total. The number of carbonyl (C=O) groups is 1. The van der Waals surface area contributed by atoms with Crippen molar-refractivity contribution in [2.45, 2.75) is 39.7 Å². The SMILES string of the molecule is CC(C)C(C)N1CCC(C(=O)O)CC1. The average molecular weight is 199 g/mol. The van der Waals surface area contributed by atoms with E-state index in [2.05, 4.69) is 25.7 Å². The molecule has 1 rings (SSSR count). The summed E-state index contributed by atoms with van der Waals surface area (Å²) in [5, 5.41) is 8.85. The number of piperidine rings is 1. The molecule has 82 valence electrons. The van der Waals surface area contributed by atoms with Gasteiger partial charge in [0.2, 0.25) is 0 Å². The van der Waals surface area contributed by atoms with Gasteiger partial charge in [0.15, 0.2) is 0 Å². The third-order valence-corrected chi connectivity index (χ3v) is 3.42. The summed E-state index contributed by atoms with van der Waals surface area (Å²) in [7, 11) is 0. The van der Waals surface area contributed by atoms with E-state index in [-0.39, 0.29) is 5.92 Å². The molecular formula is C11H21NO2. The summed E-state index contributed by atoms with van der Waals surface area (Å²) in [6, 6.07) is 0.574. The average Bonchev–Trinajstić information content (AvgIpc) is 2.16. The zero-order valence-corrected chi connectivity index (χ0v) is 9.36. The number of nitrogens with zero attached hydrogens (tertiary/aromatic N) is 1. The van der Waals surface area contributed by atoms with Gasteiger partial charge in [0, 0.05) is 6.04 Å². The number of carboxylic acid groups (broad SMARTS) is 1. The third kappa shape index (κ3) is 2.71. The summed E-state index contributed by atoms with van der Waals surface area (Å²) in [5.74, 6) is -0.0798. The summed E-state index contributed by atoms with van der Waals surface area (Å²) in [6.07, 6.45) is 1.62. The van der Waals surface area contributed by atoms with E-state index in [0.717, 1.165) is 25.9 Å². The van der Waals surface area contributed by atoms with Gasteiger partial charge in [-0.3, -0.25) is 4.79 Å². The topological polar surface area (TPSA) is 40.5 Å². The van der Waals surface area contributed by atoms with E-state index in [1.54, 1.807) is 0 Å².